The summed E-state index contributed by atoms with van der Waals surface area (Å²) in [6.07, 6.45) is 2.15. The summed E-state index contributed by atoms with van der Waals surface area (Å²) in [4.78, 5) is 19.4. The summed E-state index contributed by atoms with van der Waals surface area (Å²) in [5, 5.41) is 7.98. The zero-order valence-corrected chi connectivity index (χ0v) is 16.3. The van der Waals surface area contributed by atoms with Crippen molar-refractivity contribution in [1.82, 2.24) is 15.0 Å². The van der Waals surface area contributed by atoms with E-state index in [2.05, 4.69) is 36.3 Å². The van der Waals surface area contributed by atoms with E-state index >= 15 is 0 Å². The zero-order chi connectivity index (χ0) is 19.1. The Morgan fingerprint density at radius 2 is 1.89 bits per heavy atom. The predicted molar refractivity (Wildman–Crippen MR) is 110 cm³/mol. The third-order valence-corrected chi connectivity index (χ3v) is 6.05. The van der Waals surface area contributed by atoms with Gasteiger partial charge in [-0.2, -0.15) is 0 Å². The number of likely N-dealkylation sites (tertiary alicyclic amines) is 1. The zero-order valence-electron chi connectivity index (χ0n) is 15.5. The van der Waals surface area contributed by atoms with Gasteiger partial charge in [0.2, 0.25) is 0 Å². The number of carbonyl (C=O) groups excluding carboxylic acids is 1. The lowest BCUT2D eigenvalue weighted by Gasteiger charge is -2.14. The molecule has 0 atom stereocenters. The summed E-state index contributed by atoms with van der Waals surface area (Å²) in [6, 6.07) is 13.8. The highest BCUT2D eigenvalue weighted by molar-refractivity contribution is 7.13. The van der Waals surface area contributed by atoms with Crippen molar-refractivity contribution in [2.24, 2.45) is 0 Å². The van der Waals surface area contributed by atoms with Crippen molar-refractivity contribution in [2.45, 2.75) is 19.8 Å². The smallest absolute Gasteiger partial charge is 0.253 e. The molecule has 3 heterocycles. The summed E-state index contributed by atoms with van der Waals surface area (Å²) >= 11 is 1.58. The van der Waals surface area contributed by atoms with E-state index in [1.807, 2.05) is 28.5 Å². The average Bonchev–Trinajstić information content (AvgIpc) is 3.47. The van der Waals surface area contributed by atoms with E-state index in [9.17, 15) is 4.79 Å². The highest BCUT2D eigenvalue weighted by Crippen LogP contribution is 2.33. The van der Waals surface area contributed by atoms with Crippen molar-refractivity contribution < 1.29 is 9.32 Å². The number of amides is 1. The third kappa shape index (κ3) is 2.99. The highest BCUT2D eigenvalue weighted by Gasteiger charge is 2.21. The molecule has 0 unspecified atom stereocenters. The summed E-state index contributed by atoms with van der Waals surface area (Å²) in [6.45, 7) is 3.73. The van der Waals surface area contributed by atoms with E-state index < -0.39 is 0 Å². The molecule has 0 saturated carbocycles. The van der Waals surface area contributed by atoms with Crippen molar-refractivity contribution in [3.63, 3.8) is 0 Å². The summed E-state index contributed by atoms with van der Waals surface area (Å²) in [7, 11) is 0. The lowest BCUT2D eigenvalue weighted by molar-refractivity contribution is 0.0793. The van der Waals surface area contributed by atoms with E-state index in [-0.39, 0.29) is 5.91 Å². The lowest BCUT2D eigenvalue weighted by Crippen LogP contribution is -2.27. The minimum absolute atomic E-state index is 0.0742. The first-order valence-electron chi connectivity index (χ1n) is 9.41. The molecular formula is C22H19N3O2S. The number of fused-ring (bicyclic) bond motifs is 1. The van der Waals surface area contributed by atoms with E-state index in [1.54, 1.807) is 11.3 Å². The second-order valence-electron chi connectivity index (χ2n) is 7.15. The number of thiazole rings is 1. The molecule has 4 aromatic rings. The average molecular weight is 389 g/mol. The molecule has 1 aliphatic rings. The molecule has 0 aliphatic carbocycles. The molecule has 1 aliphatic heterocycles. The first-order valence-corrected chi connectivity index (χ1v) is 10.3. The van der Waals surface area contributed by atoms with Crippen molar-refractivity contribution in [3.05, 3.63) is 59.0 Å². The van der Waals surface area contributed by atoms with Crippen LogP contribution >= 0.6 is 11.3 Å². The van der Waals surface area contributed by atoms with Gasteiger partial charge in [-0.25, -0.2) is 4.98 Å². The number of aryl methyl sites for hydroxylation is 1. The number of carbonyl (C=O) groups is 1. The second-order valence-corrected chi connectivity index (χ2v) is 8.00. The minimum Gasteiger partial charge on any atom is -0.356 e. The molecule has 28 heavy (non-hydrogen) atoms. The second kappa shape index (κ2) is 6.87. The quantitative estimate of drug-likeness (QED) is 0.485. The lowest BCUT2D eigenvalue weighted by atomic mass is 10.1. The van der Waals surface area contributed by atoms with Crippen LogP contribution in [-0.2, 0) is 0 Å². The molecule has 0 radical (unpaired) electrons. The maximum Gasteiger partial charge on any atom is 0.253 e. The van der Waals surface area contributed by atoms with Crippen LogP contribution in [0.2, 0.25) is 0 Å². The van der Waals surface area contributed by atoms with E-state index in [0.29, 0.717) is 16.8 Å². The highest BCUT2D eigenvalue weighted by atomic mass is 32.1. The van der Waals surface area contributed by atoms with Crippen LogP contribution in [0.5, 0.6) is 0 Å². The van der Waals surface area contributed by atoms with Crippen molar-refractivity contribution >= 4 is 28.2 Å². The topological polar surface area (TPSA) is 59.2 Å². The Balaban J connectivity index is 1.51. The molecule has 1 saturated heterocycles. The van der Waals surface area contributed by atoms with E-state index in [0.717, 1.165) is 47.6 Å². The first kappa shape index (κ1) is 17.1. The normalized spacial score (nSPS) is 14.1. The fraction of sp³-hybridized carbons (Fsp3) is 0.227. The number of benzene rings is 2. The van der Waals surface area contributed by atoms with Crippen LogP contribution in [0.1, 0.15) is 28.8 Å². The minimum atomic E-state index is 0.0742. The van der Waals surface area contributed by atoms with Gasteiger partial charge in [-0.15, -0.1) is 11.3 Å². The Morgan fingerprint density at radius 3 is 2.68 bits per heavy atom. The van der Waals surface area contributed by atoms with Crippen LogP contribution in [-0.4, -0.2) is 34.0 Å². The summed E-state index contributed by atoms with van der Waals surface area (Å²) in [5.41, 5.74) is 5.09. The van der Waals surface area contributed by atoms with Gasteiger partial charge in [-0.05, 0) is 38.0 Å². The van der Waals surface area contributed by atoms with Gasteiger partial charge in [0.15, 0.2) is 5.58 Å². The molecule has 0 N–H and O–H groups in total. The summed E-state index contributed by atoms with van der Waals surface area (Å²) in [5.74, 6) is 0.0742. The Kier molecular flexibility index (Phi) is 4.20. The molecule has 5 nitrogen and oxygen atoms in total. The fourth-order valence-corrected chi connectivity index (χ4v) is 4.38. The van der Waals surface area contributed by atoms with Gasteiger partial charge in [-0.1, -0.05) is 35.0 Å². The molecular weight excluding hydrogens is 370 g/mol. The predicted octanol–water partition coefficient (Wildman–Crippen LogP) is 5.16. The van der Waals surface area contributed by atoms with Gasteiger partial charge in [0.05, 0.1) is 5.39 Å². The van der Waals surface area contributed by atoms with E-state index in [4.69, 9.17) is 9.51 Å². The molecule has 1 amide bonds. The first-order chi connectivity index (χ1) is 13.7. The maximum absolute atomic E-state index is 12.7. The number of rotatable bonds is 3. The third-order valence-electron chi connectivity index (χ3n) is 5.16. The van der Waals surface area contributed by atoms with Crippen molar-refractivity contribution in [3.8, 4) is 22.0 Å². The molecule has 2 aromatic carbocycles. The molecule has 2 aromatic heterocycles. The fourth-order valence-electron chi connectivity index (χ4n) is 3.57. The molecule has 6 heteroatoms. The van der Waals surface area contributed by atoms with Crippen LogP contribution in [0.4, 0.5) is 0 Å². The van der Waals surface area contributed by atoms with Crippen LogP contribution in [0.25, 0.3) is 32.9 Å². The standard InChI is InChI=1S/C22H19N3O2S/c1-14-4-6-15(7-5-14)21-23-18(13-28-21)20-17-12-16(8-9-19(17)27-24-20)22(26)25-10-2-3-11-25/h4-9,12-13H,2-3,10-11H2,1H3. The van der Waals surface area contributed by atoms with Crippen LogP contribution < -0.4 is 0 Å². The number of nitrogens with zero attached hydrogens (tertiary/aromatic N) is 3. The van der Waals surface area contributed by atoms with Gasteiger partial charge in [0.1, 0.15) is 16.4 Å². The SMILES string of the molecule is Cc1ccc(-c2nc(-c3noc4ccc(C(=O)N5CCCC5)cc34)cs2)cc1. The van der Waals surface area contributed by atoms with Gasteiger partial charge in [0.25, 0.3) is 5.91 Å². The largest absolute Gasteiger partial charge is 0.356 e. The van der Waals surface area contributed by atoms with Crippen LogP contribution in [0, 0.1) is 6.92 Å². The van der Waals surface area contributed by atoms with Crippen molar-refractivity contribution in [1.29, 1.82) is 0 Å². The monoisotopic (exact) mass is 389 g/mol. The van der Waals surface area contributed by atoms with Crippen LogP contribution in [0.15, 0.2) is 52.4 Å². The summed E-state index contributed by atoms with van der Waals surface area (Å²) < 4.78 is 5.48. The Morgan fingerprint density at radius 1 is 1.11 bits per heavy atom. The number of hydrogen-bond acceptors (Lipinski definition) is 5. The van der Waals surface area contributed by atoms with Gasteiger partial charge in [-0.3, -0.25) is 4.79 Å². The maximum atomic E-state index is 12.7. The van der Waals surface area contributed by atoms with Gasteiger partial charge >= 0.3 is 0 Å². The molecule has 0 bridgehead atoms. The Hall–Kier alpha value is -2.99. The molecule has 5 rings (SSSR count). The Bertz CT molecular complexity index is 1150. The number of hydrogen-bond donors (Lipinski definition) is 0. The molecule has 0 spiro atoms. The van der Waals surface area contributed by atoms with Gasteiger partial charge in [0, 0.05) is 29.6 Å². The number of aromatic nitrogens is 2. The van der Waals surface area contributed by atoms with Gasteiger partial charge < -0.3 is 9.42 Å². The van der Waals surface area contributed by atoms with E-state index in [1.165, 1.54) is 5.56 Å². The van der Waals surface area contributed by atoms with Crippen molar-refractivity contribution in [2.75, 3.05) is 13.1 Å². The molecule has 1 fully saturated rings. The molecule has 140 valence electrons. The Labute approximate surface area is 166 Å². The van der Waals surface area contributed by atoms with Crippen LogP contribution in [0.3, 0.4) is 0 Å².